The van der Waals surface area contributed by atoms with Crippen molar-refractivity contribution in [2.24, 2.45) is 0 Å². The maximum atomic E-state index is 10.7. The first-order valence-corrected chi connectivity index (χ1v) is 5.23. The Labute approximate surface area is 97.4 Å². The van der Waals surface area contributed by atoms with Gasteiger partial charge in [-0.15, -0.1) is 0 Å². The molecule has 0 aliphatic carbocycles. The number of carbonyl (C=O) groups is 1. The van der Waals surface area contributed by atoms with Crippen LogP contribution in [0.15, 0.2) is 12.4 Å². The summed E-state index contributed by atoms with van der Waals surface area (Å²) in [6, 6.07) is 0. The van der Waals surface area contributed by atoms with E-state index in [0.29, 0.717) is 13.0 Å². The number of rotatable bonds is 7. The van der Waals surface area contributed by atoms with E-state index in [0.717, 1.165) is 12.8 Å². The molecule has 8 nitrogen and oxygen atoms in total. The van der Waals surface area contributed by atoms with Crippen molar-refractivity contribution in [1.82, 2.24) is 15.0 Å². The van der Waals surface area contributed by atoms with E-state index >= 15 is 0 Å². The van der Waals surface area contributed by atoms with Crippen molar-refractivity contribution >= 4 is 11.9 Å². The zero-order valence-electron chi connectivity index (χ0n) is 9.20. The van der Waals surface area contributed by atoms with Gasteiger partial charge < -0.3 is 10.1 Å². The molecule has 0 spiro atoms. The van der Waals surface area contributed by atoms with Gasteiger partial charge in [0.25, 0.3) is 0 Å². The van der Waals surface area contributed by atoms with E-state index in [1.807, 2.05) is 0 Å². The molecular weight excluding hydrogens is 228 g/mol. The van der Waals surface area contributed by atoms with Crippen LogP contribution < -0.4 is 5.48 Å². The lowest BCUT2D eigenvalue weighted by atomic mass is 10.2. The highest BCUT2D eigenvalue weighted by atomic mass is 16.6. The number of hydrogen-bond donors (Lipinski definition) is 2. The van der Waals surface area contributed by atoms with Gasteiger partial charge in [0.1, 0.15) is 12.4 Å². The first-order valence-electron chi connectivity index (χ1n) is 5.23. The third-order valence-electron chi connectivity index (χ3n) is 2.28. The van der Waals surface area contributed by atoms with Crippen molar-refractivity contribution in [2.45, 2.75) is 32.2 Å². The smallest absolute Gasteiger partial charge is 0.390 e. The molecule has 94 valence electrons. The van der Waals surface area contributed by atoms with Crippen LogP contribution in [0.4, 0.5) is 5.95 Å². The number of aryl methyl sites for hydroxylation is 1. The molecule has 17 heavy (non-hydrogen) atoms. The fraction of sp³-hybridized carbons (Fsp3) is 0.556. The lowest BCUT2D eigenvalue weighted by Gasteiger charge is -2.01. The lowest BCUT2D eigenvalue weighted by Crippen LogP contribution is -2.17. The van der Waals surface area contributed by atoms with Gasteiger partial charge in [0.05, 0.1) is 6.54 Å². The molecular formula is C9H14N4O4. The van der Waals surface area contributed by atoms with E-state index in [2.05, 4.69) is 4.98 Å². The molecule has 0 saturated heterocycles. The average molecular weight is 242 g/mol. The van der Waals surface area contributed by atoms with Crippen molar-refractivity contribution in [3.8, 4) is 0 Å². The molecule has 1 rings (SSSR count). The molecule has 1 amide bonds. The molecule has 0 unspecified atom stereocenters. The van der Waals surface area contributed by atoms with E-state index in [1.165, 1.54) is 10.8 Å². The van der Waals surface area contributed by atoms with Crippen molar-refractivity contribution in [3.63, 3.8) is 0 Å². The molecule has 1 aromatic heterocycles. The van der Waals surface area contributed by atoms with Crippen LogP contribution in [-0.2, 0) is 11.3 Å². The number of hydroxylamine groups is 1. The first-order chi connectivity index (χ1) is 8.15. The lowest BCUT2D eigenvalue weighted by molar-refractivity contribution is -0.396. The minimum Gasteiger partial charge on any atom is -0.390 e. The minimum atomic E-state index is -0.529. The molecule has 1 heterocycles. The summed E-state index contributed by atoms with van der Waals surface area (Å²) in [7, 11) is 0. The second-order valence-electron chi connectivity index (χ2n) is 3.52. The molecule has 2 N–H and O–H groups in total. The van der Waals surface area contributed by atoms with Gasteiger partial charge in [-0.25, -0.2) is 10.0 Å². The summed E-state index contributed by atoms with van der Waals surface area (Å²) in [5.41, 5.74) is 1.55. The van der Waals surface area contributed by atoms with Gasteiger partial charge in [0, 0.05) is 6.42 Å². The maximum absolute atomic E-state index is 10.7. The van der Waals surface area contributed by atoms with Crippen LogP contribution in [0.2, 0.25) is 0 Å². The Morgan fingerprint density at radius 3 is 2.94 bits per heavy atom. The van der Waals surface area contributed by atoms with Gasteiger partial charge in [-0.1, -0.05) is 4.98 Å². The molecule has 0 atom stereocenters. The molecule has 0 bridgehead atoms. The van der Waals surface area contributed by atoms with E-state index in [4.69, 9.17) is 5.21 Å². The molecule has 0 fully saturated rings. The Bertz CT molecular complexity index is 390. The molecule has 1 aromatic rings. The highest BCUT2D eigenvalue weighted by Crippen LogP contribution is 2.10. The second kappa shape index (κ2) is 6.59. The molecule has 8 heteroatoms. The van der Waals surface area contributed by atoms with Crippen LogP contribution in [0.3, 0.4) is 0 Å². The van der Waals surface area contributed by atoms with E-state index in [9.17, 15) is 14.9 Å². The summed E-state index contributed by atoms with van der Waals surface area (Å²) in [5.74, 6) is -0.586. The standard InChI is InChI=1S/C9H14N4O4/c14-8(11-15)4-2-1-3-6-12-7-5-10-9(12)13(16)17/h5,7,15H,1-4,6H2,(H,11,14). The van der Waals surface area contributed by atoms with Crippen molar-refractivity contribution in [1.29, 1.82) is 0 Å². The van der Waals surface area contributed by atoms with Gasteiger partial charge in [0.2, 0.25) is 5.91 Å². The highest BCUT2D eigenvalue weighted by Gasteiger charge is 2.12. The van der Waals surface area contributed by atoms with Gasteiger partial charge in [-0.05, 0) is 24.2 Å². The van der Waals surface area contributed by atoms with Gasteiger partial charge in [-0.3, -0.25) is 10.0 Å². The summed E-state index contributed by atoms with van der Waals surface area (Å²) in [6.07, 6.45) is 5.30. The Morgan fingerprint density at radius 2 is 2.29 bits per heavy atom. The monoisotopic (exact) mass is 242 g/mol. The van der Waals surface area contributed by atoms with E-state index in [1.54, 1.807) is 11.7 Å². The number of nitrogens with one attached hydrogen (secondary N) is 1. The van der Waals surface area contributed by atoms with Crippen molar-refractivity contribution < 1.29 is 14.9 Å². The topological polar surface area (TPSA) is 110 Å². The summed E-state index contributed by atoms with van der Waals surface area (Å²) in [4.78, 5) is 24.3. The quantitative estimate of drug-likeness (QED) is 0.319. The number of hydrogen-bond acceptors (Lipinski definition) is 5. The average Bonchev–Trinajstić information content (AvgIpc) is 2.76. The SMILES string of the molecule is O=C(CCCCCn1ccnc1[N+](=O)[O-])NO. The van der Waals surface area contributed by atoms with Crippen LogP contribution in [0.25, 0.3) is 0 Å². The molecule has 0 aliphatic rings. The number of unbranched alkanes of at least 4 members (excludes halogenated alkanes) is 2. The van der Waals surface area contributed by atoms with Gasteiger partial charge in [-0.2, -0.15) is 0 Å². The van der Waals surface area contributed by atoms with Crippen LogP contribution in [0.1, 0.15) is 25.7 Å². The number of nitro groups is 1. The number of carbonyl (C=O) groups excluding carboxylic acids is 1. The largest absolute Gasteiger partial charge is 0.434 e. The van der Waals surface area contributed by atoms with Crippen LogP contribution >= 0.6 is 0 Å². The van der Waals surface area contributed by atoms with E-state index in [-0.39, 0.29) is 12.4 Å². The number of imidazole rings is 1. The minimum absolute atomic E-state index is 0.168. The van der Waals surface area contributed by atoms with Crippen molar-refractivity contribution in [2.75, 3.05) is 0 Å². The molecule has 0 aromatic carbocycles. The maximum Gasteiger partial charge on any atom is 0.434 e. The first kappa shape index (κ1) is 13.1. The zero-order chi connectivity index (χ0) is 12.7. The Hall–Kier alpha value is -1.96. The Morgan fingerprint density at radius 1 is 1.53 bits per heavy atom. The van der Waals surface area contributed by atoms with Gasteiger partial charge >= 0.3 is 5.95 Å². The number of amides is 1. The van der Waals surface area contributed by atoms with Crippen LogP contribution in [0.5, 0.6) is 0 Å². The number of aromatic nitrogens is 2. The third-order valence-corrected chi connectivity index (χ3v) is 2.28. The summed E-state index contributed by atoms with van der Waals surface area (Å²) < 4.78 is 1.46. The third kappa shape index (κ3) is 4.19. The van der Waals surface area contributed by atoms with Crippen LogP contribution in [-0.4, -0.2) is 25.6 Å². The second-order valence-corrected chi connectivity index (χ2v) is 3.52. The fourth-order valence-electron chi connectivity index (χ4n) is 1.45. The highest BCUT2D eigenvalue weighted by molar-refractivity contribution is 5.74. The summed E-state index contributed by atoms with van der Waals surface area (Å²) >= 11 is 0. The molecule has 0 saturated carbocycles. The predicted octanol–water partition coefficient (Wildman–Crippen LogP) is 0.857. The fourth-order valence-corrected chi connectivity index (χ4v) is 1.45. The Balaban J connectivity index is 2.24. The van der Waals surface area contributed by atoms with E-state index < -0.39 is 10.8 Å². The van der Waals surface area contributed by atoms with Crippen LogP contribution in [0, 0.1) is 10.1 Å². The molecule has 0 radical (unpaired) electrons. The predicted molar refractivity (Wildman–Crippen MR) is 57.3 cm³/mol. The normalized spacial score (nSPS) is 10.2. The summed E-state index contributed by atoms with van der Waals surface area (Å²) in [5, 5.41) is 18.8. The molecule has 0 aliphatic heterocycles. The van der Waals surface area contributed by atoms with Gasteiger partial charge in [0.15, 0.2) is 0 Å². The van der Waals surface area contributed by atoms with Crippen molar-refractivity contribution in [3.05, 3.63) is 22.5 Å². The Kier molecular flexibility index (Phi) is 5.08. The summed E-state index contributed by atoms with van der Waals surface area (Å²) in [6.45, 7) is 0.497. The zero-order valence-corrected chi connectivity index (χ0v) is 9.20. The number of nitrogens with zero attached hydrogens (tertiary/aromatic N) is 3.